The van der Waals surface area contributed by atoms with Crippen molar-refractivity contribution in [2.45, 2.75) is 0 Å². The van der Waals surface area contributed by atoms with Crippen molar-refractivity contribution in [1.29, 1.82) is 0 Å². The molecule has 1 aromatic carbocycles. The molecular formula is C14H17N3O5. The summed E-state index contributed by atoms with van der Waals surface area (Å²) in [6, 6.07) is 6.43. The predicted molar refractivity (Wildman–Crippen MR) is 78.0 cm³/mol. The maximum atomic E-state index is 12.3. The number of benzene rings is 1. The number of carbonyl (C=O) groups is 3. The van der Waals surface area contributed by atoms with Crippen LogP contribution in [-0.4, -0.2) is 66.3 Å². The number of rotatable bonds is 2. The Morgan fingerprint density at radius 3 is 2.09 bits per heavy atom. The number of anilines is 1. The van der Waals surface area contributed by atoms with Crippen LogP contribution in [0, 0.1) is 0 Å². The van der Waals surface area contributed by atoms with Gasteiger partial charge in [-0.05, 0) is 24.3 Å². The van der Waals surface area contributed by atoms with Crippen LogP contribution in [0.4, 0.5) is 15.3 Å². The van der Waals surface area contributed by atoms with Crippen molar-refractivity contribution < 1.29 is 24.2 Å². The van der Waals surface area contributed by atoms with Crippen LogP contribution in [0.25, 0.3) is 0 Å². The first kappa shape index (κ1) is 15.6. The molecule has 8 heteroatoms. The van der Waals surface area contributed by atoms with E-state index in [0.29, 0.717) is 37.4 Å². The van der Waals surface area contributed by atoms with E-state index in [-0.39, 0.29) is 5.91 Å². The normalized spacial score (nSPS) is 14.4. The van der Waals surface area contributed by atoms with Gasteiger partial charge in [0.2, 0.25) is 0 Å². The van der Waals surface area contributed by atoms with Gasteiger partial charge in [-0.2, -0.15) is 0 Å². The lowest BCUT2D eigenvalue weighted by Gasteiger charge is -2.33. The Kier molecular flexibility index (Phi) is 4.82. The molecule has 1 fully saturated rings. The van der Waals surface area contributed by atoms with Gasteiger partial charge in [-0.25, -0.2) is 9.59 Å². The molecule has 1 aliphatic heterocycles. The highest BCUT2D eigenvalue weighted by Gasteiger charge is 2.24. The van der Waals surface area contributed by atoms with Gasteiger partial charge in [0.25, 0.3) is 5.91 Å². The molecule has 22 heavy (non-hydrogen) atoms. The van der Waals surface area contributed by atoms with Crippen LogP contribution in [0.15, 0.2) is 24.3 Å². The third-order valence-corrected chi connectivity index (χ3v) is 3.40. The SMILES string of the molecule is COC(=O)Nc1ccc(C(=O)N2CCN(C(=O)O)CC2)cc1. The van der Waals surface area contributed by atoms with Crippen molar-refractivity contribution in [2.24, 2.45) is 0 Å². The summed E-state index contributed by atoms with van der Waals surface area (Å²) in [6.45, 7) is 1.35. The number of nitrogens with one attached hydrogen (secondary N) is 1. The summed E-state index contributed by atoms with van der Waals surface area (Å²) in [5, 5.41) is 11.4. The summed E-state index contributed by atoms with van der Waals surface area (Å²) < 4.78 is 4.48. The van der Waals surface area contributed by atoms with Crippen molar-refractivity contribution in [3.05, 3.63) is 29.8 Å². The molecule has 0 aromatic heterocycles. The number of methoxy groups -OCH3 is 1. The Morgan fingerprint density at radius 2 is 1.59 bits per heavy atom. The predicted octanol–water partition coefficient (Wildman–Crippen LogP) is 1.30. The molecule has 3 amide bonds. The van der Waals surface area contributed by atoms with E-state index in [0.717, 1.165) is 0 Å². The summed E-state index contributed by atoms with van der Waals surface area (Å²) in [5.74, 6) is -0.158. The molecule has 1 aromatic rings. The highest BCUT2D eigenvalue weighted by Crippen LogP contribution is 2.13. The Bertz CT molecular complexity index is 564. The van der Waals surface area contributed by atoms with Crippen molar-refractivity contribution in [2.75, 3.05) is 38.6 Å². The smallest absolute Gasteiger partial charge is 0.411 e. The van der Waals surface area contributed by atoms with Gasteiger partial charge in [0.1, 0.15) is 0 Å². The van der Waals surface area contributed by atoms with Gasteiger partial charge in [-0.15, -0.1) is 0 Å². The van der Waals surface area contributed by atoms with Gasteiger partial charge in [-0.1, -0.05) is 0 Å². The van der Waals surface area contributed by atoms with Gasteiger partial charge in [-0.3, -0.25) is 10.1 Å². The van der Waals surface area contributed by atoms with Crippen molar-refractivity contribution in [3.8, 4) is 0 Å². The maximum Gasteiger partial charge on any atom is 0.411 e. The third kappa shape index (κ3) is 3.66. The molecule has 0 saturated carbocycles. The standard InChI is InChI=1S/C14H17N3O5/c1-22-13(19)15-11-4-2-10(3-5-11)12(18)16-6-8-17(9-7-16)14(20)21/h2-5H,6-9H2,1H3,(H,15,19)(H,20,21). The van der Waals surface area contributed by atoms with Crippen molar-refractivity contribution in [1.82, 2.24) is 9.80 Å². The van der Waals surface area contributed by atoms with E-state index in [1.165, 1.54) is 12.0 Å². The number of hydrogen-bond acceptors (Lipinski definition) is 4. The molecule has 118 valence electrons. The van der Waals surface area contributed by atoms with Crippen LogP contribution in [0.2, 0.25) is 0 Å². The average Bonchev–Trinajstić information content (AvgIpc) is 2.55. The van der Waals surface area contributed by atoms with Gasteiger partial charge in [0.05, 0.1) is 7.11 Å². The van der Waals surface area contributed by atoms with Gasteiger partial charge < -0.3 is 19.6 Å². The fourth-order valence-electron chi connectivity index (χ4n) is 2.15. The number of amides is 3. The zero-order valence-electron chi connectivity index (χ0n) is 12.1. The molecule has 8 nitrogen and oxygen atoms in total. The molecule has 0 unspecified atom stereocenters. The molecule has 0 atom stereocenters. The molecule has 2 rings (SSSR count). The average molecular weight is 307 g/mol. The van der Waals surface area contributed by atoms with Crippen LogP contribution >= 0.6 is 0 Å². The van der Waals surface area contributed by atoms with Crippen LogP contribution in [0.1, 0.15) is 10.4 Å². The lowest BCUT2D eigenvalue weighted by molar-refractivity contribution is 0.0625. The maximum absolute atomic E-state index is 12.3. The second-order valence-corrected chi connectivity index (χ2v) is 4.76. The lowest BCUT2D eigenvalue weighted by atomic mass is 10.1. The Balaban J connectivity index is 1.96. The Hall–Kier alpha value is -2.77. The van der Waals surface area contributed by atoms with E-state index in [1.807, 2.05) is 0 Å². The van der Waals surface area contributed by atoms with Gasteiger partial charge >= 0.3 is 12.2 Å². The van der Waals surface area contributed by atoms with E-state index >= 15 is 0 Å². The van der Waals surface area contributed by atoms with Crippen molar-refractivity contribution in [3.63, 3.8) is 0 Å². The monoisotopic (exact) mass is 307 g/mol. The first-order valence-corrected chi connectivity index (χ1v) is 6.73. The summed E-state index contributed by atoms with van der Waals surface area (Å²) in [7, 11) is 1.27. The number of piperazine rings is 1. The topological polar surface area (TPSA) is 99.2 Å². The molecule has 0 aliphatic carbocycles. The summed E-state index contributed by atoms with van der Waals surface area (Å²) in [5.41, 5.74) is 1.01. The van der Waals surface area contributed by atoms with Crippen LogP contribution < -0.4 is 5.32 Å². The van der Waals surface area contributed by atoms with E-state index in [9.17, 15) is 14.4 Å². The van der Waals surface area contributed by atoms with E-state index in [2.05, 4.69) is 10.1 Å². The fourth-order valence-corrected chi connectivity index (χ4v) is 2.15. The van der Waals surface area contributed by atoms with Gasteiger partial charge in [0.15, 0.2) is 0 Å². The van der Waals surface area contributed by atoms with Crippen LogP contribution in [-0.2, 0) is 4.74 Å². The summed E-state index contributed by atoms with van der Waals surface area (Å²) in [4.78, 5) is 37.1. The zero-order chi connectivity index (χ0) is 16.1. The lowest BCUT2D eigenvalue weighted by Crippen LogP contribution is -2.50. The van der Waals surface area contributed by atoms with Crippen LogP contribution in [0.3, 0.4) is 0 Å². The van der Waals surface area contributed by atoms with E-state index < -0.39 is 12.2 Å². The fraction of sp³-hybridized carbons (Fsp3) is 0.357. The quantitative estimate of drug-likeness (QED) is 0.858. The molecule has 0 radical (unpaired) electrons. The molecule has 0 bridgehead atoms. The first-order valence-electron chi connectivity index (χ1n) is 6.73. The number of hydrogen-bond donors (Lipinski definition) is 2. The number of ether oxygens (including phenoxy) is 1. The van der Waals surface area contributed by atoms with Gasteiger partial charge in [0, 0.05) is 37.4 Å². The molecule has 0 spiro atoms. The highest BCUT2D eigenvalue weighted by molar-refractivity contribution is 5.95. The molecule has 1 heterocycles. The highest BCUT2D eigenvalue weighted by atomic mass is 16.5. The summed E-state index contributed by atoms with van der Waals surface area (Å²) in [6.07, 6.45) is -1.55. The van der Waals surface area contributed by atoms with E-state index in [1.54, 1.807) is 29.2 Å². The minimum atomic E-state index is -0.967. The molecular weight excluding hydrogens is 290 g/mol. The molecule has 1 aliphatic rings. The first-order chi connectivity index (χ1) is 10.5. The minimum Gasteiger partial charge on any atom is -0.465 e. The molecule has 2 N–H and O–H groups in total. The van der Waals surface area contributed by atoms with Crippen molar-refractivity contribution >= 4 is 23.8 Å². The third-order valence-electron chi connectivity index (χ3n) is 3.40. The zero-order valence-corrected chi connectivity index (χ0v) is 12.1. The second kappa shape index (κ2) is 6.79. The Morgan fingerprint density at radius 1 is 1.05 bits per heavy atom. The number of nitrogens with zero attached hydrogens (tertiary/aromatic N) is 2. The molecule has 1 saturated heterocycles. The number of carboxylic acid groups (broad SMARTS) is 1. The minimum absolute atomic E-state index is 0.158. The second-order valence-electron chi connectivity index (χ2n) is 4.76. The summed E-state index contributed by atoms with van der Waals surface area (Å²) >= 11 is 0. The largest absolute Gasteiger partial charge is 0.465 e. The van der Waals surface area contributed by atoms with Crippen LogP contribution in [0.5, 0.6) is 0 Å². The Labute approximate surface area is 127 Å². The number of carbonyl (C=O) groups excluding carboxylic acids is 2. The van der Waals surface area contributed by atoms with E-state index in [4.69, 9.17) is 5.11 Å².